The van der Waals surface area contributed by atoms with Crippen LogP contribution in [-0.4, -0.2) is 36.6 Å². The monoisotopic (exact) mass is 230 g/mol. The van der Waals surface area contributed by atoms with Crippen LogP contribution in [0.4, 0.5) is 0 Å². The highest BCUT2D eigenvalue weighted by Gasteiger charge is 2.00. The van der Waals surface area contributed by atoms with Crippen molar-refractivity contribution in [3.63, 3.8) is 0 Å². The minimum Gasteiger partial charge on any atom is -0.396 e. The Hall–Kier alpha value is -1.10. The van der Waals surface area contributed by atoms with E-state index in [0.29, 0.717) is 19.5 Å². The molecule has 0 saturated heterocycles. The summed E-state index contributed by atoms with van der Waals surface area (Å²) in [5.41, 5.74) is 0. The van der Waals surface area contributed by atoms with Crippen molar-refractivity contribution in [1.82, 2.24) is 10.6 Å². The maximum absolute atomic E-state index is 11.2. The molecule has 0 aliphatic heterocycles. The summed E-state index contributed by atoms with van der Waals surface area (Å²) in [6.45, 7) is 2.73. The Bertz CT molecular complexity index is 207. The van der Waals surface area contributed by atoms with Crippen molar-refractivity contribution < 1.29 is 14.7 Å². The molecule has 3 N–H and O–H groups in total. The number of unbranched alkanes of at least 4 members (excludes halogenated alkanes) is 3. The first kappa shape index (κ1) is 14.9. The van der Waals surface area contributed by atoms with Gasteiger partial charge in [0.15, 0.2) is 0 Å². The van der Waals surface area contributed by atoms with Gasteiger partial charge in [-0.25, -0.2) is 0 Å². The van der Waals surface area contributed by atoms with Crippen LogP contribution in [0.15, 0.2) is 0 Å². The topological polar surface area (TPSA) is 78.4 Å². The standard InChI is InChI=1S/C11H22N2O3/c1-10(15)12-8-6-11(16)13-7-4-2-3-5-9-14/h14H,2-9H2,1H3,(H,12,15)(H,13,16). The molecular formula is C11H22N2O3. The molecule has 0 aliphatic carbocycles. The zero-order chi connectivity index (χ0) is 12.2. The smallest absolute Gasteiger partial charge is 0.221 e. The quantitative estimate of drug-likeness (QED) is 0.494. The van der Waals surface area contributed by atoms with Crippen LogP contribution in [0, 0.1) is 0 Å². The van der Waals surface area contributed by atoms with Gasteiger partial charge in [-0.15, -0.1) is 0 Å². The van der Waals surface area contributed by atoms with Crippen LogP contribution in [0.25, 0.3) is 0 Å². The van der Waals surface area contributed by atoms with Gasteiger partial charge in [-0.05, 0) is 12.8 Å². The molecule has 0 heterocycles. The fourth-order valence-electron chi connectivity index (χ4n) is 1.26. The Morgan fingerprint density at radius 3 is 2.31 bits per heavy atom. The minimum absolute atomic E-state index is 0.0316. The molecule has 0 spiro atoms. The lowest BCUT2D eigenvalue weighted by molar-refractivity contribution is -0.121. The van der Waals surface area contributed by atoms with E-state index >= 15 is 0 Å². The predicted octanol–water partition coefficient (Wildman–Crippen LogP) is 0.182. The van der Waals surface area contributed by atoms with E-state index in [1.165, 1.54) is 6.92 Å². The van der Waals surface area contributed by atoms with Crippen molar-refractivity contribution >= 4 is 11.8 Å². The molecule has 0 saturated carbocycles. The lowest BCUT2D eigenvalue weighted by Gasteiger charge is -2.05. The molecule has 0 fully saturated rings. The van der Waals surface area contributed by atoms with E-state index < -0.39 is 0 Å². The molecule has 0 aliphatic rings. The van der Waals surface area contributed by atoms with Gasteiger partial charge in [-0.1, -0.05) is 12.8 Å². The van der Waals surface area contributed by atoms with Crippen LogP contribution < -0.4 is 10.6 Å². The highest BCUT2D eigenvalue weighted by atomic mass is 16.2. The van der Waals surface area contributed by atoms with E-state index in [9.17, 15) is 9.59 Å². The Morgan fingerprint density at radius 1 is 1.00 bits per heavy atom. The Balaban J connectivity index is 3.20. The van der Waals surface area contributed by atoms with Gasteiger partial charge >= 0.3 is 0 Å². The number of hydrogen-bond acceptors (Lipinski definition) is 3. The van der Waals surface area contributed by atoms with Crippen molar-refractivity contribution in [2.24, 2.45) is 0 Å². The second-order valence-electron chi connectivity index (χ2n) is 3.72. The number of amides is 2. The number of aliphatic hydroxyl groups is 1. The Kier molecular flexibility index (Phi) is 9.70. The summed E-state index contributed by atoms with van der Waals surface area (Å²) in [4.78, 5) is 21.7. The molecule has 0 bridgehead atoms. The van der Waals surface area contributed by atoms with E-state index in [-0.39, 0.29) is 18.4 Å². The average Bonchev–Trinajstić information content (AvgIpc) is 2.22. The highest BCUT2D eigenvalue weighted by Crippen LogP contribution is 1.97. The Morgan fingerprint density at radius 2 is 1.69 bits per heavy atom. The number of aliphatic hydroxyl groups excluding tert-OH is 1. The number of hydrogen-bond donors (Lipinski definition) is 3. The van der Waals surface area contributed by atoms with Gasteiger partial charge in [0.05, 0.1) is 0 Å². The molecule has 5 nitrogen and oxygen atoms in total. The molecule has 0 aromatic carbocycles. The van der Waals surface area contributed by atoms with Crippen LogP contribution in [-0.2, 0) is 9.59 Å². The van der Waals surface area contributed by atoms with E-state index in [1.54, 1.807) is 0 Å². The number of carbonyl (C=O) groups excluding carboxylic acids is 2. The molecule has 5 heteroatoms. The third kappa shape index (κ3) is 11.0. The van der Waals surface area contributed by atoms with Gasteiger partial charge in [0.2, 0.25) is 11.8 Å². The second-order valence-corrected chi connectivity index (χ2v) is 3.72. The fourth-order valence-corrected chi connectivity index (χ4v) is 1.26. The molecule has 0 radical (unpaired) electrons. The van der Waals surface area contributed by atoms with Crippen molar-refractivity contribution in [2.45, 2.75) is 39.0 Å². The van der Waals surface area contributed by atoms with Crippen LogP contribution in [0.3, 0.4) is 0 Å². The zero-order valence-corrected chi connectivity index (χ0v) is 9.92. The van der Waals surface area contributed by atoms with Gasteiger partial charge in [0, 0.05) is 33.0 Å². The first-order valence-electron chi connectivity index (χ1n) is 5.79. The zero-order valence-electron chi connectivity index (χ0n) is 9.92. The van der Waals surface area contributed by atoms with Gasteiger partial charge in [0.25, 0.3) is 0 Å². The molecule has 16 heavy (non-hydrogen) atoms. The normalized spacial score (nSPS) is 9.88. The summed E-state index contributed by atoms with van der Waals surface area (Å²) < 4.78 is 0. The molecule has 0 unspecified atom stereocenters. The minimum atomic E-state index is -0.114. The lowest BCUT2D eigenvalue weighted by Crippen LogP contribution is -2.30. The van der Waals surface area contributed by atoms with Gasteiger partial charge in [-0.2, -0.15) is 0 Å². The highest BCUT2D eigenvalue weighted by molar-refractivity contribution is 5.77. The van der Waals surface area contributed by atoms with Crippen LogP contribution >= 0.6 is 0 Å². The fraction of sp³-hybridized carbons (Fsp3) is 0.818. The van der Waals surface area contributed by atoms with Crippen molar-refractivity contribution in [3.8, 4) is 0 Å². The molecular weight excluding hydrogens is 208 g/mol. The van der Waals surface area contributed by atoms with Crippen molar-refractivity contribution in [3.05, 3.63) is 0 Å². The maximum Gasteiger partial charge on any atom is 0.221 e. The van der Waals surface area contributed by atoms with E-state index in [4.69, 9.17) is 5.11 Å². The lowest BCUT2D eigenvalue weighted by atomic mass is 10.2. The van der Waals surface area contributed by atoms with E-state index in [2.05, 4.69) is 10.6 Å². The third-order valence-corrected chi connectivity index (χ3v) is 2.13. The SMILES string of the molecule is CC(=O)NCCC(=O)NCCCCCCO. The number of rotatable bonds is 9. The summed E-state index contributed by atoms with van der Waals surface area (Å²) in [6, 6.07) is 0. The third-order valence-electron chi connectivity index (χ3n) is 2.13. The van der Waals surface area contributed by atoms with Crippen LogP contribution in [0.2, 0.25) is 0 Å². The summed E-state index contributed by atoms with van der Waals surface area (Å²) in [5.74, 6) is -0.146. The summed E-state index contributed by atoms with van der Waals surface area (Å²) in [6.07, 6.45) is 4.11. The van der Waals surface area contributed by atoms with Crippen LogP contribution in [0.5, 0.6) is 0 Å². The first-order chi connectivity index (χ1) is 7.66. The van der Waals surface area contributed by atoms with E-state index in [0.717, 1.165) is 25.7 Å². The van der Waals surface area contributed by atoms with Gasteiger partial charge < -0.3 is 15.7 Å². The number of carbonyl (C=O) groups is 2. The molecule has 0 aromatic heterocycles. The van der Waals surface area contributed by atoms with Crippen LogP contribution in [0.1, 0.15) is 39.0 Å². The van der Waals surface area contributed by atoms with E-state index in [1.807, 2.05) is 0 Å². The summed E-state index contributed by atoms with van der Waals surface area (Å²) in [7, 11) is 0. The Labute approximate surface area is 96.6 Å². The maximum atomic E-state index is 11.2. The first-order valence-corrected chi connectivity index (χ1v) is 5.79. The summed E-state index contributed by atoms with van der Waals surface area (Å²) in [5, 5.41) is 13.9. The molecule has 0 atom stereocenters. The van der Waals surface area contributed by atoms with Crippen molar-refractivity contribution in [2.75, 3.05) is 19.7 Å². The van der Waals surface area contributed by atoms with Crippen molar-refractivity contribution in [1.29, 1.82) is 0 Å². The molecule has 2 amide bonds. The molecule has 94 valence electrons. The predicted molar refractivity (Wildman–Crippen MR) is 61.9 cm³/mol. The summed E-state index contributed by atoms with van der Waals surface area (Å²) >= 11 is 0. The molecule has 0 rings (SSSR count). The second kappa shape index (κ2) is 10.4. The average molecular weight is 230 g/mol. The van der Waals surface area contributed by atoms with Gasteiger partial charge in [0.1, 0.15) is 0 Å². The molecule has 0 aromatic rings. The number of nitrogens with one attached hydrogen (secondary N) is 2. The van der Waals surface area contributed by atoms with Gasteiger partial charge in [-0.3, -0.25) is 9.59 Å². The largest absolute Gasteiger partial charge is 0.396 e.